The van der Waals surface area contributed by atoms with Crippen LogP contribution >= 0.6 is 0 Å². The van der Waals surface area contributed by atoms with E-state index in [9.17, 15) is 4.39 Å². The van der Waals surface area contributed by atoms with Crippen LogP contribution in [0, 0.1) is 5.82 Å². The van der Waals surface area contributed by atoms with E-state index in [1.54, 1.807) is 12.1 Å². The predicted molar refractivity (Wildman–Crippen MR) is 47.8 cm³/mol. The molecule has 0 aromatic heterocycles. The molecule has 12 heavy (non-hydrogen) atoms. The lowest BCUT2D eigenvalue weighted by Crippen LogP contribution is -2.06. The zero-order valence-electron chi connectivity index (χ0n) is 7.31. The molecule has 0 amide bonds. The topological polar surface area (TPSA) is 0 Å². The molecule has 1 aromatic carbocycles. The van der Waals surface area contributed by atoms with Crippen LogP contribution in [0.15, 0.2) is 18.2 Å². The predicted octanol–water partition coefficient (Wildman–Crippen LogP) is 3.27. The maximum atomic E-state index is 12.8. The highest BCUT2D eigenvalue weighted by molar-refractivity contribution is 5.32. The van der Waals surface area contributed by atoms with Crippen LogP contribution in [-0.2, 0) is 6.42 Å². The lowest BCUT2D eigenvalue weighted by Gasteiger charge is -2.21. The minimum absolute atomic E-state index is 0.0946. The molecule has 1 aromatic rings. The summed E-state index contributed by atoms with van der Waals surface area (Å²) in [5.74, 6) is 0.525. The fourth-order valence-electron chi connectivity index (χ4n) is 2.03. The first-order valence-corrected chi connectivity index (χ1v) is 4.55. The normalized spacial score (nSPS) is 22.0. The van der Waals surface area contributed by atoms with Crippen molar-refractivity contribution in [1.29, 1.82) is 0 Å². The zero-order valence-corrected chi connectivity index (χ0v) is 7.31. The van der Waals surface area contributed by atoms with Gasteiger partial charge >= 0.3 is 0 Å². The molecule has 64 valence electrons. The van der Waals surface area contributed by atoms with Crippen LogP contribution in [0.3, 0.4) is 0 Å². The Kier molecular flexibility index (Phi) is 1.87. The Hall–Kier alpha value is -0.850. The maximum absolute atomic E-state index is 12.8. The summed E-state index contributed by atoms with van der Waals surface area (Å²) in [6.45, 7) is 2.22. The first kappa shape index (κ1) is 7.78. The molecule has 0 nitrogen and oxygen atoms in total. The van der Waals surface area contributed by atoms with Crippen molar-refractivity contribution in [1.82, 2.24) is 0 Å². The summed E-state index contributed by atoms with van der Waals surface area (Å²) in [7, 11) is 0. The summed E-state index contributed by atoms with van der Waals surface area (Å²) in [6, 6.07) is 5.19. The highest BCUT2D eigenvalue weighted by atomic mass is 19.1. The molecule has 1 heteroatoms. The van der Waals surface area contributed by atoms with Gasteiger partial charge in [0.2, 0.25) is 0 Å². The van der Waals surface area contributed by atoms with Crippen molar-refractivity contribution < 1.29 is 4.39 Å². The average Bonchev–Trinajstić information content (AvgIpc) is 2.04. The van der Waals surface area contributed by atoms with Gasteiger partial charge in [0.15, 0.2) is 0 Å². The fraction of sp³-hybridized carbons (Fsp3) is 0.455. The van der Waals surface area contributed by atoms with E-state index in [4.69, 9.17) is 0 Å². The van der Waals surface area contributed by atoms with Gasteiger partial charge in [-0.05, 0) is 48.4 Å². The van der Waals surface area contributed by atoms with Crippen LogP contribution in [0.4, 0.5) is 4.39 Å². The summed E-state index contributed by atoms with van der Waals surface area (Å²) < 4.78 is 12.8. The molecule has 0 radical (unpaired) electrons. The van der Waals surface area contributed by atoms with Gasteiger partial charge in [0.05, 0.1) is 0 Å². The number of fused-ring (bicyclic) bond motifs is 1. The molecule has 1 aliphatic rings. The van der Waals surface area contributed by atoms with Gasteiger partial charge in [-0.15, -0.1) is 0 Å². The fourth-order valence-corrected chi connectivity index (χ4v) is 2.03. The number of halogens is 1. The van der Waals surface area contributed by atoms with Crippen molar-refractivity contribution in [3.05, 3.63) is 35.1 Å². The van der Waals surface area contributed by atoms with Crippen LogP contribution < -0.4 is 0 Å². The van der Waals surface area contributed by atoms with Crippen molar-refractivity contribution in [3.8, 4) is 0 Å². The number of aryl methyl sites for hydroxylation is 1. The van der Waals surface area contributed by atoms with Crippen molar-refractivity contribution in [2.24, 2.45) is 0 Å². The third-order valence-corrected chi connectivity index (χ3v) is 2.72. The molecular formula is C11H13F. The van der Waals surface area contributed by atoms with Crippen molar-refractivity contribution in [2.45, 2.75) is 32.1 Å². The number of benzene rings is 1. The van der Waals surface area contributed by atoms with Gasteiger partial charge in [-0.25, -0.2) is 4.39 Å². The molecule has 0 saturated carbocycles. The summed E-state index contributed by atoms with van der Waals surface area (Å²) in [5.41, 5.74) is 2.57. The molecule has 0 heterocycles. The van der Waals surface area contributed by atoms with E-state index in [0.717, 1.165) is 6.42 Å². The maximum Gasteiger partial charge on any atom is 0.123 e. The second-order valence-electron chi connectivity index (χ2n) is 3.64. The Bertz CT molecular complexity index is 291. The molecule has 0 N–H and O–H groups in total. The molecular weight excluding hydrogens is 151 g/mol. The van der Waals surface area contributed by atoms with E-state index in [2.05, 4.69) is 6.92 Å². The Labute approximate surface area is 72.4 Å². The van der Waals surface area contributed by atoms with Crippen LogP contribution in [0.2, 0.25) is 0 Å². The second kappa shape index (κ2) is 2.89. The number of rotatable bonds is 0. The van der Waals surface area contributed by atoms with E-state index in [-0.39, 0.29) is 5.82 Å². The van der Waals surface area contributed by atoms with E-state index >= 15 is 0 Å². The second-order valence-corrected chi connectivity index (χ2v) is 3.64. The Morgan fingerprint density at radius 3 is 3.08 bits per heavy atom. The monoisotopic (exact) mass is 164 g/mol. The average molecular weight is 164 g/mol. The molecule has 0 bridgehead atoms. The number of hydrogen-bond acceptors (Lipinski definition) is 0. The third-order valence-electron chi connectivity index (χ3n) is 2.72. The highest BCUT2D eigenvalue weighted by Crippen LogP contribution is 2.31. The SMILES string of the molecule is C[C@@H]1CCCc2cc(F)ccc21. The van der Waals surface area contributed by atoms with Gasteiger partial charge in [-0.2, -0.15) is 0 Å². The standard InChI is InChI=1S/C11H13F/c1-8-3-2-4-9-7-10(12)5-6-11(8)9/h5-8H,2-4H2,1H3/t8-/m1/s1. The van der Waals surface area contributed by atoms with Gasteiger partial charge in [0.1, 0.15) is 5.82 Å². The summed E-state index contributed by atoms with van der Waals surface area (Å²) in [5, 5.41) is 0. The zero-order chi connectivity index (χ0) is 8.55. The Balaban J connectivity index is 2.46. The van der Waals surface area contributed by atoms with Gasteiger partial charge in [0.25, 0.3) is 0 Å². The quantitative estimate of drug-likeness (QED) is 0.552. The van der Waals surface area contributed by atoms with E-state index in [0.29, 0.717) is 5.92 Å². The van der Waals surface area contributed by atoms with Crippen LogP contribution in [0.1, 0.15) is 36.8 Å². The van der Waals surface area contributed by atoms with Crippen molar-refractivity contribution >= 4 is 0 Å². The largest absolute Gasteiger partial charge is 0.207 e. The first-order valence-electron chi connectivity index (χ1n) is 4.55. The lowest BCUT2D eigenvalue weighted by atomic mass is 9.84. The molecule has 0 spiro atoms. The van der Waals surface area contributed by atoms with E-state index < -0.39 is 0 Å². The molecule has 0 saturated heterocycles. The highest BCUT2D eigenvalue weighted by Gasteiger charge is 2.15. The summed E-state index contributed by atoms with van der Waals surface area (Å²) >= 11 is 0. The molecule has 0 fully saturated rings. The van der Waals surface area contributed by atoms with Gasteiger partial charge in [0, 0.05) is 0 Å². The van der Waals surface area contributed by atoms with Gasteiger partial charge in [-0.1, -0.05) is 13.0 Å². The third kappa shape index (κ3) is 1.24. The minimum atomic E-state index is -0.0946. The minimum Gasteiger partial charge on any atom is -0.207 e. The van der Waals surface area contributed by atoms with Gasteiger partial charge < -0.3 is 0 Å². The number of hydrogen-bond donors (Lipinski definition) is 0. The smallest absolute Gasteiger partial charge is 0.123 e. The van der Waals surface area contributed by atoms with Crippen LogP contribution in [0.5, 0.6) is 0 Å². The van der Waals surface area contributed by atoms with Crippen molar-refractivity contribution in [3.63, 3.8) is 0 Å². The van der Waals surface area contributed by atoms with Crippen LogP contribution in [0.25, 0.3) is 0 Å². The lowest BCUT2D eigenvalue weighted by molar-refractivity contribution is 0.575. The van der Waals surface area contributed by atoms with Crippen molar-refractivity contribution in [2.75, 3.05) is 0 Å². The molecule has 0 aliphatic heterocycles. The van der Waals surface area contributed by atoms with E-state index in [1.807, 2.05) is 6.07 Å². The molecule has 1 atom stereocenters. The Morgan fingerprint density at radius 1 is 1.42 bits per heavy atom. The Morgan fingerprint density at radius 2 is 2.25 bits per heavy atom. The summed E-state index contributed by atoms with van der Waals surface area (Å²) in [4.78, 5) is 0. The van der Waals surface area contributed by atoms with E-state index in [1.165, 1.54) is 24.0 Å². The molecule has 2 rings (SSSR count). The first-order chi connectivity index (χ1) is 5.77. The van der Waals surface area contributed by atoms with Crippen LogP contribution in [-0.4, -0.2) is 0 Å². The summed E-state index contributed by atoms with van der Waals surface area (Å²) in [6.07, 6.45) is 3.51. The molecule has 1 aliphatic carbocycles. The van der Waals surface area contributed by atoms with Gasteiger partial charge in [-0.3, -0.25) is 0 Å². The molecule has 0 unspecified atom stereocenters.